The van der Waals surface area contributed by atoms with E-state index in [0.717, 1.165) is 28.7 Å². The van der Waals surface area contributed by atoms with E-state index in [0.29, 0.717) is 25.3 Å². The predicted octanol–water partition coefficient (Wildman–Crippen LogP) is 4.32. The van der Waals surface area contributed by atoms with Gasteiger partial charge in [-0.3, -0.25) is 9.59 Å². The molecule has 2 rings (SSSR count). The van der Waals surface area contributed by atoms with Gasteiger partial charge in [0.25, 0.3) is 5.91 Å². The Morgan fingerprint density at radius 2 is 1.60 bits per heavy atom. The zero-order chi connectivity index (χ0) is 22.1. The van der Waals surface area contributed by atoms with Crippen LogP contribution in [0.3, 0.4) is 0 Å². The molecule has 0 saturated heterocycles. The molecule has 0 heterocycles. The number of amides is 2. The molecule has 0 aliphatic carbocycles. The number of nitrogens with zero attached hydrogens (tertiary/aromatic N) is 1. The maximum atomic E-state index is 13.2. The molecule has 0 saturated carbocycles. The summed E-state index contributed by atoms with van der Waals surface area (Å²) < 4.78 is 5.80. The van der Waals surface area contributed by atoms with E-state index < -0.39 is 6.04 Å². The number of rotatable bonds is 10. The van der Waals surface area contributed by atoms with Crippen molar-refractivity contribution in [3.63, 3.8) is 0 Å². The van der Waals surface area contributed by atoms with Gasteiger partial charge in [0.15, 0.2) is 6.61 Å². The molecule has 5 heteroatoms. The summed E-state index contributed by atoms with van der Waals surface area (Å²) >= 11 is 0. The largest absolute Gasteiger partial charge is 0.484 e. The molecule has 5 nitrogen and oxygen atoms in total. The van der Waals surface area contributed by atoms with E-state index in [1.54, 1.807) is 4.90 Å². The van der Waals surface area contributed by atoms with Crippen LogP contribution in [0.15, 0.2) is 42.5 Å². The first-order valence-corrected chi connectivity index (χ1v) is 10.7. The van der Waals surface area contributed by atoms with E-state index >= 15 is 0 Å². The molecule has 0 bridgehead atoms. The standard InChI is InChI=1S/C25H34N2O3/c1-6-12-26-25(29)23(7-2)27(16-21-10-8-18(3)9-11-21)24(28)17-30-22-14-19(4)13-20(5)15-22/h8-11,13-15,23H,6-7,12,16-17H2,1-5H3,(H,26,29)/t23-/m1/s1. The van der Waals surface area contributed by atoms with Gasteiger partial charge >= 0.3 is 0 Å². The van der Waals surface area contributed by atoms with Gasteiger partial charge < -0.3 is 15.0 Å². The number of aryl methyl sites for hydroxylation is 3. The molecule has 162 valence electrons. The minimum absolute atomic E-state index is 0.105. The molecule has 0 aromatic heterocycles. The average molecular weight is 411 g/mol. The number of ether oxygens (including phenoxy) is 1. The van der Waals surface area contributed by atoms with Crippen LogP contribution in [0.2, 0.25) is 0 Å². The SMILES string of the molecule is CCCNC(=O)[C@@H](CC)N(Cc1ccc(C)cc1)C(=O)COc1cc(C)cc(C)c1. The van der Waals surface area contributed by atoms with Crippen molar-refractivity contribution in [3.05, 3.63) is 64.7 Å². The molecule has 2 aromatic rings. The van der Waals surface area contributed by atoms with Crippen LogP contribution in [0, 0.1) is 20.8 Å². The molecular weight excluding hydrogens is 376 g/mol. The second-order valence-corrected chi connectivity index (χ2v) is 7.83. The number of carbonyl (C=O) groups is 2. The molecule has 0 unspecified atom stereocenters. The Labute approximate surface area is 180 Å². The van der Waals surface area contributed by atoms with Crippen molar-refractivity contribution >= 4 is 11.8 Å². The van der Waals surface area contributed by atoms with Crippen molar-refractivity contribution in [2.45, 2.75) is 60.0 Å². The van der Waals surface area contributed by atoms with Gasteiger partial charge in [0.2, 0.25) is 5.91 Å². The van der Waals surface area contributed by atoms with Crippen molar-refractivity contribution in [3.8, 4) is 5.75 Å². The number of carbonyl (C=O) groups excluding carboxylic acids is 2. The second-order valence-electron chi connectivity index (χ2n) is 7.83. The summed E-state index contributed by atoms with van der Waals surface area (Å²) in [6.07, 6.45) is 1.39. The average Bonchev–Trinajstić information content (AvgIpc) is 2.71. The number of nitrogens with one attached hydrogen (secondary N) is 1. The van der Waals surface area contributed by atoms with E-state index in [-0.39, 0.29) is 18.4 Å². The van der Waals surface area contributed by atoms with E-state index in [1.165, 1.54) is 0 Å². The monoisotopic (exact) mass is 410 g/mol. The summed E-state index contributed by atoms with van der Waals surface area (Å²) in [7, 11) is 0. The van der Waals surface area contributed by atoms with E-state index in [9.17, 15) is 9.59 Å². The third-order valence-electron chi connectivity index (χ3n) is 4.97. The van der Waals surface area contributed by atoms with Crippen molar-refractivity contribution < 1.29 is 14.3 Å². The summed E-state index contributed by atoms with van der Waals surface area (Å²) in [6, 6.07) is 13.4. The Kier molecular flexibility index (Phi) is 8.90. The second kappa shape index (κ2) is 11.4. The summed E-state index contributed by atoms with van der Waals surface area (Å²) in [5, 5.41) is 2.93. The minimum Gasteiger partial charge on any atom is -0.484 e. The maximum Gasteiger partial charge on any atom is 0.261 e. The van der Waals surface area contributed by atoms with Crippen LogP contribution in [-0.4, -0.2) is 35.9 Å². The van der Waals surface area contributed by atoms with Crippen LogP contribution in [-0.2, 0) is 16.1 Å². The van der Waals surface area contributed by atoms with Crippen LogP contribution in [0.4, 0.5) is 0 Å². The summed E-state index contributed by atoms with van der Waals surface area (Å²) in [5.41, 5.74) is 4.31. The smallest absolute Gasteiger partial charge is 0.261 e. The summed E-state index contributed by atoms with van der Waals surface area (Å²) in [4.78, 5) is 27.5. The molecular formula is C25H34N2O3. The molecule has 2 aromatic carbocycles. The quantitative estimate of drug-likeness (QED) is 0.634. The Morgan fingerprint density at radius 3 is 2.17 bits per heavy atom. The number of benzene rings is 2. The fourth-order valence-electron chi connectivity index (χ4n) is 3.42. The van der Waals surface area contributed by atoms with Gasteiger partial charge in [-0.1, -0.05) is 49.7 Å². The Hall–Kier alpha value is -2.82. The highest BCUT2D eigenvalue weighted by Crippen LogP contribution is 2.18. The first-order valence-electron chi connectivity index (χ1n) is 10.7. The summed E-state index contributed by atoms with van der Waals surface area (Å²) in [6.45, 7) is 10.8. The molecule has 1 atom stereocenters. The van der Waals surface area contributed by atoms with Crippen LogP contribution < -0.4 is 10.1 Å². The van der Waals surface area contributed by atoms with Crippen molar-refractivity contribution in [2.75, 3.05) is 13.2 Å². The highest BCUT2D eigenvalue weighted by molar-refractivity contribution is 5.88. The van der Waals surface area contributed by atoms with Gasteiger partial charge in [-0.05, 0) is 62.4 Å². The van der Waals surface area contributed by atoms with Crippen LogP contribution in [0.1, 0.15) is 48.9 Å². The van der Waals surface area contributed by atoms with Gasteiger partial charge in [0, 0.05) is 13.1 Å². The number of hydrogen-bond donors (Lipinski definition) is 1. The van der Waals surface area contributed by atoms with Gasteiger partial charge in [-0.25, -0.2) is 0 Å². The lowest BCUT2D eigenvalue weighted by Gasteiger charge is -2.30. The first kappa shape index (κ1) is 23.5. The van der Waals surface area contributed by atoms with Crippen molar-refractivity contribution in [2.24, 2.45) is 0 Å². The van der Waals surface area contributed by atoms with Gasteiger partial charge in [-0.2, -0.15) is 0 Å². The number of hydrogen-bond acceptors (Lipinski definition) is 3. The predicted molar refractivity (Wildman–Crippen MR) is 121 cm³/mol. The lowest BCUT2D eigenvalue weighted by atomic mass is 10.1. The lowest BCUT2D eigenvalue weighted by Crippen LogP contribution is -2.50. The molecule has 0 radical (unpaired) electrons. The minimum atomic E-state index is -0.534. The van der Waals surface area contributed by atoms with E-state index in [1.807, 2.05) is 71.0 Å². The molecule has 0 spiro atoms. The van der Waals surface area contributed by atoms with Gasteiger partial charge in [-0.15, -0.1) is 0 Å². The third kappa shape index (κ3) is 6.90. The molecule has 0 aliphatic heterocycles. The first-order chi connectivity index (χ1) is 14.3. The molecule has 0 aliphatic rings. The third-order valence-corrected chi connectivity index (χ3v) is 4.97. The van der Waals surface area contributed by atoms with Crippen molar-refractivity contribution in [1.82, 2.24) is 10.2 Å². The Balaban J connectivity index is 2.20. The summed E-state index contributed by atoms with van der Waals surface area (Å²) in [5.74, 6) is 0.346. The van der Waals surface area contributed by atoms with Crippen molar-refractivity contribution in [1.29, 1.82) is 0 Å². The maximum absolute atomic E-state index is 13.2. The van der Waals surface area contributed by atoms with Gasteiger partial charge in [0.1, 0.15) is 11.8 Å². The lowest BCUT2D eigenvalue weighted by molar-refractivity contribution is -0.143. The van der Waals surface area contributed by atoms with E-state index in [4.69, 9.17) is 4.74 Å². The Bertz CT molecular complexity index is 826. The topological polar surface area (TPSA) is 58.6 Å². The fraction of sp³-hybridized carbons (Fsp3) is 0.440. The molecule has 1 N–H and O–H groups in total. The highest BCUT2D eigenvalue weighted by Gasteiger charge is 2.28. The zero-order valence-electron chi connectivity index (χ0n) is 18.8. The van der Waals surface area contributed by atoms with Crippen LogP contribution in [0.5, 0.6) is 5.75 Å². The zero-order valence-corrected chi connectivity index (χ0v) is 18.8. The normalized spacial score (nSPS) is 11.6. The molecule has 2 amide bonds. The van der Waals surface area contributed by atoms with E-state index in [2.05, 4.69) is 11.4 Å². The van der Waals surface area contributed by atoms with Crippen LogP contribution in [0.25, 0.3) is 0 Å². The fourth-order valence-corrected chi connectivity index (χ4v) is 3.42. The molecule has 30 heavy (non-hydrogen) atoms. The Morgan fingerprint density at radius 1 is 0.967 bits per heavy atom. The highest BCUT2D eigenvalue weighted by atomic mass is 16.5. The molecule has 0 fully saturated rings. The van der Waals surface area contributed by atoms with Crippen LogP contribution >= 0.6 is 0 Å². The van der Waals surface area contributed by atoms with Gasteiger partial charge in [0.05, 0.1) is 0 Å².